The lowest BCUT2D eigenvalue weighted by atomic mass is 9.91. The molecule has 1 aliphatic rings. The fourth-order valence-corrected chi connectivity index (χ4v) is 2.66. The highest BCUT2D eigenvalue weighted by atomic mass is 19.4. The van der Waals surface area contributed by atoms with Gasteiger partial charge in [0.15, 0.2) is 5.78 Å². The maximum atomic E-state index is 13.6. The van der Waals surface area contributed by atoms with Gasteiger partial charge in [-0.1, -0.05) is 6.07 Å². The molecule has 0 amide bonds. The van der Waals surface area contributed by atoms with Crippen molar-refractivity contribution in [1.29, 1.82) is 0 Å². The van der Waals surface area contributed by atoms with Gasteiger partial charge >= 0.3 is 6.18 Å². The highest BCUT2D eigenvalue weighted by Crippen LogP contribution is 2.32. The fraction of sp³-hybridized carbons (Fsp3) is 0.533. The van der Waals surface area contributed by atoms with Crippen LogP contribution in [0.1, 0.15) is 42.6 Å². The summed E-state index contributed by atoms with van der Waals surface area (Å²) in [6, 6.07) is 2.36. The summed E-state index contributed by atoms with van der Waals surface area (Å²) in [5.41, 5.74) is -2.22. The molecule has 0 bridgehead atoms. The Bertz CT molecular complexity index is 545. The standard InChI is InChI=1S/C15H17F4NO/c1-14(2,20-7-3-4-8-20)13(21)10-5-6-11(12(16)9-10)15(17,18)19/h5-6,9H,3-4,7-8H2,1-2H3. The predicted molar refractivity (Wildman–Crippen MR) is 70.6 cm³/mol. The molecular formula is C15H17F4NO. The molecule has 1 aromatic rings. The van der Waals surface area contributed by atoms with E-state index in [0.717, 1.165) is 32.0 Å². The minimum Gasteiger partial charge on any atom is -0.292 e. The second-order valence-corrected chi connectivity index (χ2v) is 5.77. The highest BCUT2D eigenvalue weighted by molar-refractivity contribution is 6.02. The summed E-state index contributed by atoms with van der Waals surface area (Å²) in [7, 11) is 0. The Morgan fingerprint density at radius 3 is 2.19 bits per heavy atom. The zero-order chi connectivity index (χ0) is 15.8. The average molecular weight is 303 g/mol. The van der Waals surface area contributed by atoms with Crippen LogP contribution in [0.15, 0.2) is 18.2 Å². The third kappa shape index (κ3) is 3.10. The van der Waals surface area contributed by atoms with Gasteiger partial charge in [-0.25, -0.2) is 4.39 Å². The number of halogens is 4. The highest BCUT2D eigenvalue weighted by Gasteiger charge is 2.38. The summed E-state index contributed by atoms with van der Waals surface area (Å²) in [6.45, 7) is 4.97. The van der Waals surface area contributed by atoms with E-state index < -0.39 is 23.1 Å². The van der Waals surface area contributed by atoms with Crippen molar-refractivity contribution in [3.63, 3.8) is 0 Å². The van der Waals surface area contributed by atoms with Crippen molar-refractivity contribution in [1.82, 2.24) is 4.90 Å². The van der Waals surface area contributed by atoms with Crippen molar-refractivity contribution in [3.8, 4) is 0 Å². The van der Waals surface area contributed by atoms with Crippen molar-refractivity contribution in [2.24, 2.45) is 0 Å². The van der Waals surface area contributed by atoms with E-state index in [-0.39, 0.29) is 11.3 Å². The topological polar surface area (TPSA) is 20.3 Å². The first-order valence-electron chi connectivity index (χ1n) is 6.80. The molecule has 1 aliphatic heterocycles. The average Bonchev–Trinajstić information content (AvgIpc) is 2.90. The molecule has 2 rings (SSSR count). The second kappa shape index (κ2) is 5.40. The molecule has 0 spiro atoms. The number of nitrogens with zero attached hydrogens (tertiary/aromatic N) is 1. The van der Waals surface area contributed by atoms with E-state index in [9.17, 15) is 22.4 Å². The lowest BCUT2D eigenvalue weighted by Gasteiger charge is -2.34. The summed E-state index contributed by atoms with van der Waals surface area (Å²) in [4.78, 5) is 14.5. The zero-order valence-electron chi connectivity index (χ0n) is 11.9. The molecule has 1 aromatic carbocycles. The Morgan fingerprint density at radius 1 is 1.14 bits per heavy atom. The molecule has 0 N–H and O–H groups in total. The summed E-state index contributed by atoms with van der Waals surface area (Å²) in [5, 5.41) is 0. The quantitative estimate of drug-likeness (QED) is 0.623. The first-order chi connectivity index (χ1) is 9.64. The number of ketones is 1. The lowest BCUT2D eigenvalue weighted by molar-refractivity contribution is -0.140. The minimum absolute atomic E-state index is 0.0302. The molecule has 116 valence electrons. The number of hydrogen-bond acceptors (Lipinski definition) is 2. The molecule has 0 radical (unpaired) electrons. The summed E-state index contributed by atoms with van der Waals surface area (Å²) < 4.78 is 51.2. The smallest absolute Gasteiger partial charge is 0.292 e. The van der Waals surface area contributed by atoms with Gasteiger partial charge in [0.25, 0.3) is 0 Å². The van der Waals surface area contributed by atoms with E-state index in [1.54, 1.807) is 13.8 Å². The normalized spacial score (nSPS) is 17.2. The number of likely N-dealkylation sites (tertiary alicyclic amines) is 1. The SMILES string of the molecule is CC(C)(C(=O)c1ccc(C(F)(F)F)c(F)c1)N1CCCC1. The van der Waals surface area contributed by atoms with E-state index in [4.69, 9.17) is 0 Å². The Balaban J connectivity index is 2.29. The van der Waals surface area contributed by atoms with E-state index in [0.29, 0.717) is 12.1 Å². The summed E-state index contributed by atoms with van der Waals surface area (Å²) >= 11 is 0. The maximum Gasteiger partial charge on any atom is 0.419 e. The van der Waals surface area contributed by atoms with Crippen LogP contribution in [0.2, 0.25) is 0 Å². The van der Waals surface area contributed by atoms with Crippen molar-refractivity contribution in [2.45, 2.75) is 38.4 Å². The first-order valence-corrected chi connectivity index (χ1v) is 6.80. The van der Waals surface area contributed by atoms with Crippen LogP contribution in [0.5, 0.6) is 0 Å². The van der Waals surface area contributed by atoms with Gasteiger partial charge in [-0.15, -0.1) is 0 Å². The fourth-order valence-electron chi connectivity index (χ4n) is 2.66. The van der Waals surface area contributed by atoms with Gasteiger partial charge in [0.05, 0.1) is 11.1 Å². The van der Waals surface area contributed by atoms with Gasteiger partial charge in [-0.05, 0) is 51.9 Å². The van der Waals surface area contributed by atoms with Crippen LogP contribution in [0.4, 0.5) is 17.6 Å². The van der Waals surface area contributed by atoms with Crippen LogP contribution in [0.3, 0.4) is 0 Å². The van der Waals surface area contributed by atoms with Gasteiger partial charge in [-0.3, -0.25) is 9.69 Å². The molecule has 0 aromatic heterocycles. The zero-order valence-corrected chi connectivity index (χ0v) is 11.9. The molecule has 0 unspecified atom stereocenters. The number of rotatable bonds is 3. The Hall–Kier alpha value is -1.43. The van der Waals surface area contributed by atoms with E-state index >= 15 is 0 Å². The lowest BCUT2D eigenvalue weighted by Crippen LogP contribution is -2.48. The van der Waals surface area contributed by atoms with Crippen LogP contribution in [0, 0.1) is 5.82 Å². The van der Waals surface area contributed by atoms with Crippen molar-refractivity contribution >= 4 is 5.78 Å². The number of alkyl halides is 3. The van der Waals surface area contributed by atoms with Crippen molar-refractivity contribution in [2.75, 3.05) is 13.1 Å². The Morgan fingerprint density at radius 2 is 1.71 bits per heavy atom. The van der Waals surface area contributed by atoms with Gasteiger partial charge in [-0.2, -0.15) is 13.2 Å². The molecule has 1 saturated heterocycles. The van der Waals surface area contributed by atoms with Crippen molar-refractivity contribution in [3.05, 3.63) is 35.1 Å². The Kier molecular flexibility index (Phi) is 4.10. The molecule has 2 nitrogen and oxygen atoms in total. The van der Waals surface area contributed by atoms with Gasteiger partial charge < -0.3 is 0 Å². The predicted octanol–water partition coefficient (Wildman–Crippen LogP) is 3.90. The Labute approximate surface area is 120 Å². The number of benzene rings is 1. The number of carbonyl (C=O) groups is 1. The van der Waals surface area contributed by atoms with Crippen LogP contribution >= 0.6 is 0 Å². The minimum atomic E-state index is -4.75. The monoisotopic (exact) mass is 303 g/mol. The third-order valence-corrected chi connectivity index (χ3v) is 3.99. The molecule has 0 atom stereocenters. The first kappa shape index (κ1) is 15.9. The molecule has 1 fully saturated rings. The third-order valence-electron chi connectivity index (χ3n) is 3.99. The number of carbonyl (C=O) groups excluding carboxylic acids is 1. The van der Waals surface area contributed by atoms with Crippen LogP contribution < -0.4 is 0 Å². The molecule has 0 saturated carbocycles. The summed E-state index contributed by atoms with van der Waals surface area (Å²) in [6.07, 6.45) is -2.79. The van der Waals surface area contributed by atoms with Crippen LogP contribution in [-0.4, -0.2) is 29.3 Å². The van der Waals surface area contributed by atoms with Crippen molar-refractivity contribution < 1.29 is 22.4 Å². The van der Waals surface area contributed by atoms with E-state index in [2.05, 4.69) is 0 Å². The number of Topliss-reactive ketones (excluding diaryl/α,β-unsaturated/α-hetero) is 1. The molecule has 6 heteroatoms. The van der Waals surface area contributed by atoms with Gasteiger partial charge in [0, 0.05) is 5.56 Å². The van der Waals surface area contributed by atoms with Crippen LogP contribution in [0.25, 0.3) is 0 Å². The van der Waals surface area contributed by atoms with Gasteiger partial charge in [0.2, 0.25) is 0 Å². The maximum absolute atomic E-state index is 13.6. The molecule has 0 aliphatic carbocycles. The van der Waals surface area contributed by atoms with Gasteiger partial charge in [0.1, 0.15) is 5.82 Å². The molecule has 1 heterocycles. The van der Waals surface area contributed by atoms with Crippen LogP contribution in [-0.2, 0) is 6.18 Å². The molecule has 21 heavy (non-hydrogen) atoms. The van der Waals surface area contributed by atoms with E-state index in [1.165, 1.54) is 0 Å². The molecular weight excluding hydrogens is 286 g/mol. The second-order valence-electron chi connectivity index (χ2n) is 5.77. The number of hydrogen-bond donors (Lipinski definition) is 0. The van der Waals surface area contributed by atoms with E-state index in [1.807, 2.05) is 4.90 Å². The summed E-state index contributed by atoms with van der Waals surface area (Å²) in [5.74, 6) is -1.78. The largest absolute Gasteiger partial charge is 0.419 e.